The van der Waals surface area contributed by atoms with Crippen LogP contribution in [0.25, 0.3) is 0 Å². The van der Waals surface area contributed by atoms with Crippen LogP contribution in [-0.2, 0) is 0 Å². The monoisotopic (exact) mass is 169 g/mol. The van der Waals surface area contributed by atoms with E-state index in [4.69, 9.17) is 5.26 Å². The zero-order valence-corrected chi connectivity index (χ0v) is 8.65. The summed E-state index contributed by atoms with van der Waals surface area (Å²) in [6.07, 6.45) is 2.20. The molecule has 2 atom stereocenters. The van der Waals surface area contributed by atoms with Crippen molar-refractivity contribution in [1.82, 2.24) is 5.32 Å². The van der Waals surface area contributed by atoms with Crippen LogP contribution in [0.5, 0.6) is 0 Å². The highest BCUT2D eigenvalue weighted by atomic mass is 14.9. The van der Waals surface area contributed by atoms with Gasteiger partial charge in [-0.05, 0) is 26.2 Å². The molecule has 2 N–H and O–H groups in total. The van der Waals surface area contributed by atoms with Crippen LogP contribution < -0.4 is 10.6 Å². The molecule has 0 aromatic carbocycles. The zero-order chi connectivity index (χ0) is 9.56. The predicted octanol–water partition coefficient (Wildman–Crippen LogP) is 0.562. The van der Waals surface area contributed by atoms with Crippen molar-refractivity contribution in [3.8, 4) is 6.07 Å². The fourth-order valence-electron chi connectivity index (χ4n) is 1.14. The molecule has 0 aromatic heterocycles. The van der Waals surface area contributed by atoms with E-state index in [1.165, 1.54) is 6.42 Å². The first-order chi connectivity index (χ1) is 5.60. The van der Waals surface area contributed by atoms with Crippen LogP contribution in [0.3, 0.4) is 0 Å². The summed E-state index contributed by atoms with van der Waals surface area (Å²) in [5, 5.41) is 10.4. The van der Waals surface area contributed by atoms with Gasteiger partial charge in [0.2, 0.25) is 0 Å². The molecule has 0 radical (unpaired) electrons. The normalized spacial score (nSPS) is 15.7. The summed E-state index contributed by atoms with van der Waals surface area (Å²) < 4.78 is 0. The number of nitrogens with one attached hydrogen (secondary N) is 2. The number of rotatable bonds is 5. The Labute approximate surface area is 76.0 Å². The van der Waals surface area contributed by atoms with E-state index in [1.54, 1.807) is 0 Å². The highest BCUT2D eigenvalue weighted by Gasteiger charge is 2.14. The van der Waals surface area contributed by atoms with Crippen LogP contribution in [0.2, 0.25) is 0 Å². The molecule has 0 saturated carbocycles. The van der Waals surface area contributed by atoms with Gasteiger partial charge in [-0.3, -0.25) is 5.32 Å². The standard InChI is InChI=1S/C10H20N2/c1-5-9(4)6-10(7-11)12-8(2)3/h8-10,12H,5-6H2,1-4H3/p+1/t9-,10-/m1/s1. The minimum Gasteiger partial charge on any atom is -0.296 e. The molecule has 0 rings (SSSR count). The molecular weight excluding hydrogens is 148 g/mol. The molecule has 0 amide bonds. The highest BCUT2D eigenvalue weighted by Crippen LogP contribution is 2.09. The average Bonchev–Trinajstić information content (AvgIpc) is 2.02. The van der Waals surface area contributed by atoms with Crippen molar-refractivity contribution in [1.29, 1.82) is 0 Å². The average molecular weight is 169 g/mol. The third kappa shape index (κ3) is 5.15. The smallest absolute Gasteiger partial charge is 0.289 e. The lowest BCUT2D eigenvalue weighted by molar-refractivity contribution is -0.0974. The summed E-state index contributed by atoms with van der Waals surface area (Å²) in [5.41, 5.74) is 0. The molecule has 0 aliphatic rings. The van der Waals surface area contributed by atoms with Gasteiger partial charge in [0.1, 0.15) is 6.04 Å². The third-order valence-electron chi connectivity index (χ3n) is 2.04. The van der Waals surface area contributed by atoms with Crippen LogP contribution in [0.15, 0.2) is 0 Å². The molecule has 0 aliphatic heterocycles. The maximum absolute atomic E-state index is 7.11. The van der Waals surface area contributed by atoms with E-state index in [-0.39, 0.29) is 6.04 Å². The van der Waals surface area contributed by atoms with Gasteiger partial charge < -0.3 is 0 Å². The molecule has 0 saturated heterocycles. The molecule has 12 heavy (non-hydrogen) atoms. The zero-order valence-electron chi connectivity index (χ0n) is 8.65. The fraction of sp³-hybridized carbons (Fsp3) is 0.900. The molecule has 0 aliphatic carbocycles. The van der Waals surface area contributed by atoms with Gasteiger partial charge in [-0.2, -0.15) is 0 Å². The van der Waals surface area contributed by atoms with Crippen LogP contribution in [-0.4, -0.2) is 12.1 Å². The molecule has 2 nitrogen and oxygen atoms in total. The van der Waals surface area contributed by atoms with E-state index >= 15 is 0 Å². The van der Waals surface area contributed by atoms with Crippen LogP contribution in [0.1, 0.15) is 40.5 Å². The molecular formula is C10H21N2+. The van der Waals surface area contributed by atoms with E-state index in [0.29, 0.717) is 12.0 Å². The molecule has 0 spiro atoms. The lowest BCUT2D eigenvalue weighted by atomic mass is 10.00. The lowest BCUT2D eigenvalue weighted by Gasteiger charge is -2.15. The van der Waals surface area contributed by atoms with Crippen molar-refractivity contribution in [2.24, 2.45) is 5.92 Å². The van der Waals surface area contributed by atoms with Crippen molar-refractivity contribution < 1.29 is 5.26 Å². The molecule has 0 bridgehead atoms. The second-order valence-corrected chi connectivity index (χ2v) is 3.77. The van der Waals surface area contributed by atoms with Crippen molar-refractivity contribution >= 4 is 0 Å². The molecule has 0 heterocycles. The largest absolute Gasteiger partial charge is 0.296 e. The summed E-state index contributed by atoms with van der Waals surface area (Å²) in [7, 11) is 0. The van der Waals surface area contributed by atoms with Gasteiger partial charge in [0.05, 0.1) is 0 Å². The van der Waals surface area contributed by atoms with E-state index in [2.05, 4.69) is 39.1 Å². The van der Waals surface area contributed by atoms with Crippen molar-refractivity contribution in [2.75, 3.05) is 0 Å². The van der Waals surface area contributed by atoms with Crippen LogP contribution >= 0.6 is 0 Å². The summed E-state index contributed by atoms with van der Waals surface area (Å²) in [6.45, 7) is 8.59. The summed E-state index contributed by atoms with van der Waals surface area (Å²) >= 11 is 0. The van der Waals surface area contributed by atoms with Crippen LogP contribution in [0.4, 0.5) is 0 Å². The first-order valence-corrected chi connectivity index (χ1v) is 4.78. The lowest BCUT2D eigenvalue weighted by Crippen LogP contribution is -2.39. The highest BCUT2D eigenvalue weighted by molar-refractivity contribution is 4.89. The Morgan fingerprint density at radius 2 is 1.92 bits per heavy atom. The Hall–Kier alpha value is -0.550. The van der Waals surface area contributed by atoms with Crippen molar-refractivity contribution in [3.63, 3.8) is 0 Å². The summed E-state index contributed by atoms with van der Waals surface area (Å²) in [6, 6.07) is 3.12. The van der Waals surface area contributed by atoms with Gasteiger partial charge in [0.15, 0.2) is 0 Å². The van der Waals surface area contributed by atoms with Crippen LogP contribution in [0, 0.1) is 12.0 Å². The topological polar surface area (TPSA) is 35.8 Å². The Bertz CT molecular complexity index is 146. The van der Waals surface area contributed by atoms with E-state index in [1.807, 2.05) is 0 Å². The van der Waals surface area contributed by atoms with Crippen molar-refractivity contribution in [2.45, 2.75) is 52.6 Å². The first kappa shape index (κ1) is 11.4. The first-order valence-electron chi connectivity index (χ1n) is 4.78. The number of hydrogen-bond acceptors (Lipinski definition) is 1. The van der Waals surface area contributed by atoms with Crippen molar-refractivity contribution in [3.05, 3.63) is 0 Å². The van der Waals surface area contributed by atoms with Gasteiger partial charge in [0.25, 0.3) is 6.07 Å². The molecule has 2 heteroatoms. The predicted molar refractivity (Wildman–Crippen MR) is 51.0 cm³/mol. The number of hydrogen-bond donors (Lipinski definition) is 2. The molecule has 0 aromatic rings. The second-order valence-electron chi connectivity index (χ2n) is 3.77. The SMILES string of the molecule is CC[C@@H](C)C[C@H](C#[NH+])NC(C)C. The van der Waals surface area contributed by atoms with Gasteiger partial charge in [-0.25, -0.2) is 0 Å². The Morgan fingerprint density at radius 3 is 2.25 bits per heavy atom. The Kier molecular flexibility index (Phi) is 5.74. The minimum atomic E-state index is 0.139. The van der Waals surface area contributed by atoms with Gasteiger partial charge in [-0.15, -0.1) is 0 Å². The summed E-state index contributed by atoms with van der Waals surface area (Å²) in [4.78, 5) is 0. The minimum absolute atomic E-state index is 0.139. The second kappa shape index (κ2) is 6.02. The fourth-order valence-corrected chi connectivity index (χ4v) is 1.14. The maximum Gasteiger partial charge on any atom is 0.289 e. The van der Waals surface area contributed by atoms with Gasteiger partial charge in [-0.1, -0.05) is 25.5 Å². The molecule has 0 fully saturated rings. The Morgan fingerprint density at radius 1 is 1.33 bits per heavy atom. The maximum atomic E-state index is 7.11. The Balaban J connectivity index is 3.77. The van der Waals surface area contributed by atoms with E-state index < -0.39 is 0 Å². The molecule has 70 valence electrons. The van der Waals surface area contributed by atoms with Gasteiger partial charge >= 0.3 is 0 Å². The third-order valence-corrected chi connectivity index (χ3v) is 2.04. The van der Waals surface area contributed by atoms with E-state index in [9.17, 15) is 0 Å². The van der Waals surface area contributed by atoms with Gasteiger partial charge in [0, 0.05) is 6.04 Å². The quantitative estimate of drug-likeness (QED) is 0.620. The molecule has 0 unspecified atom stereocenters. The summed E-state index contributed by atoms with van der Waals surface area (Å²) in [5.74, 6) is 0.680. The van der Waals surface area contributed by atoms with E-state index in [0.717, 1.165) is 6.42 Å².